The third-order valence-corrected chi connectivity index (χ3v) is 3.47. The minimum Gasteiger partial charge on any atom is -0.461 e. The summed E-state index contributed by atoms with van der Waals surface area (Å²) in [6.45, 7) is 13.9. The lowest BCUT2D eigenvalue weighted by molar-refractivity contribution is -0.144. The predicted octanol–water partition coefficient (Wildman–Crippen LogP) is 4.15. The molecule has 0 aliphatic carbocycles. The molecule has 0 radical (unpaired) electrons. The van der Waals surface area contributed by atoms with Crippen molar-refractivity contribution in [1.29, 1.82) is 0 Å². The minimum atomic E-state index is -0.185. The Labute approximate surface area is 147 Å². The Kier molecular flexibility index (Phi) is 11.3. The summed E-state index contributed by atoms with van der Waals surface area (Å²) in [5, 5.41) is 11.1. The molecule has 1 unspecified atom stereocenters. The van der Waals surface area contributed by atoms with Crippen LogP contribution in [0.25, 0.3) is 0 Å². The number of nitrogens with one attached hydrogen (secondary N) is 1. The van der Waals surface area contributed by atoms with E-state index in [-0.39, 0.29) is 17.6 Å². The Morgan fingerprint density at radius 3 is 2.08 bits per heavy atom. The first-order chi connectivity index (χ1) is 11.3. The Morgan fingerprint density at radius 1 is 1.25 bits per heavy atom. The monoisotopic (exact) mass is 337 g/mol. The summed E-state index contributed by atoms with van der Waals surface area (Å²) in [5.74, 6) is -0.118. The van der Waals surface area contributed by atoms with Crippen LogP contribution in [0.3, 0.4) is 0 Å². The summed E-state index contributed by atoms with van der Waals surface area (Å²) in [4.78, 5) is 11.2. The molecule has 1 aliphatic rings. The fourth-order valence-corrected chi connectivity index (χ4v) is 1.81. The quantitative estimate of drug-likeness (QED) is 0.810. The summed E-state index contributed by atoms with van der Waals surface area (Å²) in [5.41, 5.74) is 2.50. The van der Waals surface area contributed by atoms with E-state index in [1.54, 1.807) is 0 Å². The van der Waals surface area contributed by atoms with E-state index in [0.29, 0.717) is 13.0 Å². The summed E-state index contributed by atoms with van der Waals surface area (Å²) < 4.78 is 5.16. The Hall–Kier alpha value is -1.39. The van der Waals surface area contributed by atoms with Crippen molar-refractivity contribution in [2.45, 2.75) is 79.1 Å². The first kappa shape index (κ1) is 22.6. The Balaban J connectivity index is 0.000000630. The molecule has 4 heteroatoms. The first-order valence-corrected chi connectivity index (χ1v) is 8.99. The van der Waals surface area contributed by atoms with Crippen molar-refractivity contribution in [1.82, 2.24) is 5.32 Å². The van der Waals surface area contributed by atoms with Gasteiger partial charge >= 0.3 is 5.97 Å². The van der Waals surface area contributed by atoms with Crippen molar-refractivity contribution in [3.63, 3.8) is 0 Å². The van der Waals surface area contributed by atoms with E-state index in [9.17, 15) is 4.79 Å². The van der Waals surface area contributed by atoms with Gasteiger partial charge in [-0.15, -0.1) is 0 Å². The second-order valence-corrected chi connectivity index (χ2v) is 6.62. The molecule has 0 spiro atoms. The average Bonchev–Trinajstić information content (AvgIpc) is 2.53. The number of esters is 1. The molecule has 1 aliphatic heterocycles. The third kappa shape index (κ3) is 9.68. The van der Waals surface area contributed by atoms with E-state index in [1.165, 1.54) is 5.56 Å². The van der Waals surface area contributed by atoms with E-state index in [2.05, 4.69) is 38.2 Å². The van der Waals surface area contributed by atoms with Crippen LogP contribution in [0, 0.1) is 0 Å². The normalized spacial score (nSPS) is 15.9. The molecule has 1 fully saturated rings. The van der Waals surface area contributed by atoms with Crippen LogP contribution in [-0.2, 0) is 21.6 Å². The van der Waals surface area contributed by atoms with E-state index in [4.69, 9.17) is 9.84 Å². The van der Waals surface area contributed by atoms with Gasteiger partial charge in [-0.2, -0.15) is 0 Å². The molecule has 1 saturated heterocycles. The zero-order valence-electron chi connectivity index (χ0n) is 16.2. The molecular formula is C20H35NO3. The lowest BCUT2D eigenvalue weighted by Gasteiger charge is -2.20. The number of hydrogen-bond acceptors (Lipinski definition) is 4. The molecule has 1 aromatic carbocycles. The van der Waals surface area contributed by atoms with Gasteiger partial charge in [0.05, 0.1) is 0 Å². The van der Waals surface area contributed by atoms with Gasteiger partial charge in [-0.25, -0.2) is 0 Å². The highest BCUT2D eigenvalue weighted by Gasteiger charge is 2.13. The molecule has 0 aromatic heterocycles. The highest BCUT2D eigenvalue weighted by Crippen LogP contribution is 2.22. The van der Waals surface area contributed by atoms with Crippen molar-refractivity contribution < 1.29 is 14.6 Å². The number of ether oxygens (including phenoxy) is 1. The van der Waals surface area contributed by atoms with Crippen LogP contribution in [0.5, 0.6) is 0 Å². The molecule has 2 N–H and O–H groups in total. The van der Waals surface area contributed by atoms with Crippen LogP contribution in [-0.4, -0.2) is 23.8 Å². The molecule has 1 aromatic rings. The molecular weight excluding hydrogens is 302 g/mol. The van der Waals surface area contributed by atoms with Crippen LogP contribution >= 0.6 is 0 Å². The number of carbonyl (C=O) groups is 1. The summed E-state index contributed by atoms with van der Waals surface area (Å²) >= 11 is 0. The molecule has 1 atom stereocenters. The van der Waals surface area contributed by atoms with Gasteiger partial charge in [0.25, 0.3) is 0 Å². The molecule has 0 amide bonds. The first-order valence-electron chi connectivity index (χ1n) is 8.99. The molecule has 138 valence electrons. The van der Waals surface area contributed by atoms with Crippen LogP contribution < -0.4 is 5.32 Å². The van der Waals surface area contributed by atoms with Crippen molar-refractivity contribution in [3.05, 3.63) is 35.4 Å². The number of carbonyl (C=O) groups excluding carboxylic acids is 1. The van der Waals surface area contributed by atoms with Crippen molar-refractivity contribution in [3.8, 4) is 0 Å². The van der Waals surface area contributed by atoms with E-state index < -0.39 is 0 Å². The fourth-order valence-electron chi connectivity index (χ4n) is 1.81. The van der Waals surface area contributed by atoms with Gasteiger partial charge in [0.1, 0.15) is 12.8 Å². The number of benzene rings is 1. The molecule has 0 saturated carbocycles. The number of hydrogen-bond donors (Lipinski definition) is 2. The smallest absolute Gasteiger partial charge is 0.306 e. The fraction of sp³-hybridized carbons (Fsp3) is 0.650. The van der Waals surface area contributed by atoms with E-state index in [1.807, 2.05) is 32.9 Å². The molecule has 1 heterocycles. The molecule has 4 nitrogen and oxygen atoms in total. The zero-order valence-corrected chi connectivity index (χ0v) is 16.2. The third-order valence-electron chi connectivity index (χ3n) is 3.47. The van der Waals surface area contributed by atoms with Crippen LogP contribution in [0.15, 0.2) is 24.3 Å². The van der Waals surface area contributed by atoms with Gasteiger partial charge in [0.15, 0.2) is 0 Å². The Bertz CT molecular complexity index is 445. The maximum atomic E-state index is 11.2. The van der Waals surface area contributed by atoms with Crippen LogP contribution in [0.1, 0.15) is 71.9 Å². The van der Waals surface area contributed by atoms with Gasteiger partial charge in [0, 0.05) is 13.0 Å². The van der Waals surface area contributed by atoms with Crippen LogP contribution in [0.2, 0.25) is 0 Å². The summed E-state index contributed by atoms with van der Waals surface area (Å²) in [6.07, 6.45) is 2.08. The predicted molar refractivity (Wildman–Crippen MR) is 99.8 cm³/mol. The molecule has 24 heavy (non-hydrogen) atoms. The minimum absolute atomic E-state index is 0.118. The van der Waals surface area contributed by atoms with Gasteiger partial charge in [-0.05, 0) is 29.4 Å². The highest BCUT2D eigenvalue weighted by atomic mass is 16.5. The second-order valence-electron chi connectivity index (χ2n) is 6.62. The zero-order chi connectivity index (χ0) is 18.6. The largest absolute Gasteiger partial charge is 0.461 e. The highest BCUT2D eigenvalue weighted by molar-refractivity contribution is 5.69. The van der Waals surface area contributed by atoms with Gasteiger partial charge in [-0.1, -0.05) is 65.8 Å². The van der Waals surface area contributed by atoms with Crippen molar-refractivity contribution >= 4 is 5.97 Å². The number of aliphatic hydroxyl groups is 1. The van der Waals surface area contributed by atoms with Crippen molar-refractivity contribution in [2.75, 3.05) is 6.54 Å². The maximum Gasteiger partial charge on any atom is 0.306 e. The van der Waals surface area contributed by atoms with Gasteiger partial charge in [0.2, 0.25) is 0 Å². The Morgan fingerprint density at radius 2 is 1.75 bits per heavy atom. The number of aliphatic hydroxyl groups excluding tert-OH is 1. The lowest BCUT2D eigenvalue weighted by atomic mass is 9.87. The van der Waals surface area contributed by atoms with E-state index in [0.717, 1.165) is 24.9 Å². The SMILES string of the molecule is CC.CCCC(=O)OCc1ccc(C(C)(C)C)cc1.OC1CCN1. The lowest BCUT2D eigenvalue weighted by Crippen LogP contribution is -2.42. The van der Waals surface area contributed by atoms with Gasteiger partial charge in [-0.3, -0.25) is 10.1 Å². The second kappa shape index (κ2) is 12.0. The maximum absolute atomic E-state index is 11.2. The number of rotatable bonds is 4. The van der Waals surface area contributed by atoms with Crippen molar-refractivity contribution in [2.24, 2.45) is 0 Å². The van der Waals surface area contributed by atoms with Crippen LogP contribution in [0.4, 0.5) is 0 Å². The van der Waals surface area contributed by atoms with E-state index >= 15 is 0 Å². The van der Waals surface area contributed by atoms with Gasteiger partial charge < -0.3 is 9.84 Å². The summed E-state index contributed by atoms with van der Waals surface area (Å²) in [7, 11) is 0. The molecule has 0 bridgehead atoms. The topological polar surface area (TPSA) is 58.6 Å². The standard InChI is InChI=1S/C15H22O2.C3H7NO.C2H6/c1-5-6-14(16)17-11-12-7-9-13(10-8-12)15(2,3)4;5-3-1-2-4-3;1-2/h7-10H,5-6,11H2,1-4H3;3-5H,1-2H2;1-2H3. The molecule has 2 rings (SSSR count). The average molecular weight is 338 g/mol. The summed E-state index contributed by atoms with van der Waals surface area (Å²) in [6, 6.07) is 8.26.